The summed E-state index contributed by atoms with van der Waals surface area (Å²) in [7, 11) is 1.27. The van der Waals surface area contributed by atoms with Gasteiger partial charge in [-0.05, 0) is 45.4 Å². The molecule has 0 heterocycles. The fourth-order valence-corrected chi connectivity index (χ4v) is 2.15. The fourth-order valence-electron chi connectivity index (χ4n) is 1.75. The Balaban J connectivity index is 3.11. The van der Waals surface area contributed by atoms with Crippen LogP contribution in [-0.2, 0) is 19.8 Å². The first-order valence-corrected chi connectivity index (χ1v) is 7.23. The lowest BCUT2D eigenvalue weighted by Gasteiger charge is -2.30. The lowest BCUT2D eigenvalue weighted by atomic mass is 9.92. The van der Waals surface area contributed by atoms with Crippen LogP contribution in [0.5, 0.6) is 0 Å². The van der Waals surface area contributed by atoms with Crippen molar-refractivity contribution in [2.45, 2.75) is 38.8 Å². The van der Waals surface area contributed by atoms with E-state index in [2.05, 4.69) is 21.2 Å². The number of hydrogen-bond donors (Lipinski definition) is 1. The van der Waals surface area contributed by atoms with E-state index < -0.39 is 23.2 Å². The summed E-state index contributed by atoms with van der Waals surface area (Å²) in [5.74, 6) is -0.577. The lowest BCUT2D eigenvalue weighted by molar-refractivity contribution is -0.148. The number of amides is 1. The number of carbonyl (C=O) groups excluding carboxylic acids is 2. The first-order chi connectivity index (χ1) is 9.58. The van der Waals surface area contributed by atoms with Crippen LogP contribution < -0.4 is 5.32 Å². The van der Waals surface area contributed by atoms with Gasteiger partial charge in [0, 0.05) is 4.47 Å². The average Bonchev–Trinajstić information content (AvgIpc) is 2.35. The standard InChI is InChI=1S/C15H20BrNO4/c1-14(2,3)21-13(19)17-15(4,12(18)20-5)10-7-6-8-11(16)9-10/h6-9H,1-5H3,(H,17,19). The number of hydrogen-bond acceptors (Lipinski definition) is 4. The summed E-state index contributed by atoms with van der Waals surface area (Å²) in [5.41, 5.74) is -1.39. The molecule has 5 nitrogen and oxygen atoms in total. The van der Waals surface area contributed by atoms with Gasteiger partial charge in [-0.15, -0.1) is 0 Å². The van der Waals surface area contributed by atoms with Crippen LogP contribution in [0.4, 0.5) is 4.79 Å². The molecule has 21 heavy (non-hydrogen) atoms. The molecular formula is C15H20BrNO4. The largest absolute Gasteiger partial charge is 0.467 e. The molecule has 1 N–H and O–H groups in total. The number of alkyl carbamates (subject to hydrolysis) is 1. The molecule has 116 valence electrons. The summed E-state index contributed by atoms with van der Waals surface area (Å²) in [4.78, 5) is 24.1. The third-order valence-corrected chi connectivity index (χ3v) is 3.24. The maximum atomic E-state index is 12.1. The van der Waals surface area contributed by atoms with E-state index in [1.165, 1.54) is 7.11 Å². The Bertz CT molecular complexity index is 539. The smallest absolute Gasteiger partial charge is 0.408 e. The van der Waals surface area contributed by atoms with Gasteiger partial charge in [0.15, 0.2) is 5.54 Å². The van der Waals surface area contributed by atoms with Gasteiger partial charge in [-0.25, -0.2) is 9.59 Å². The van der Waals surface area contributed by atoms with Gasteiger partial charge in [0.2, 0.25) is 0 Å². The third kappa shape index (κ3) is 4.74. The number of methoxy groups -OCH3 is 1. The van der Waals surface area contributed by atoms with E-state index >= 15 is 0 Å². The molecule has 0 fully saturated rings. The molecular weight excluding hydrogens is 338 g/mol. The normalized spacial score (nSPS) is 14.0. The molecule has 1 rings (SSSR count). The van der Waals surface area contributed by atoms with Gasteiger partial charge in [0.25, 0.3) is 0 Å². The van der Waals surface area contributed by atoms with Crippen LogP contribution in [-0.4, -0.2) is 24.8 Å². The Hall–Kier alpha value is -1.56. The summed E-state index contributed by atoms with van der Waals surface area (Å²) in [5, 5.41) is 2.59. The minimum Gasteiger partial charge on any atom is -0.467 e. The Morgan fingerprint density at radius 3 is 2.29 bits per heavy atom. The van der Waals surface area contributed by atoms with Crippen molar-refractivity contribution in [2.75, 3.05) is 7.11 Å². The number of carbonyl (C=O) groups is 2. The first kappa shape index (κ1) is 17.5. The van der Waals surface area contributed by atoms with Crippen molar-refractivity contribution in [2.24, 2.45) is 0 Å². The molecule has 1 amide bonds. The number of benzene rings is 1. The van der Waals surface area contributed by atoms with Gasteiger partial charge >= 0.3 is 12.1 Å². The van der Waals surface area contributed by atoms with E-state index in [9.17, 15) is 9.59 Å². The molecule has 0 saturated carbocycles. The molecule has 0 aliphatic rings. The highest BCUT2D eigenvalue weighted by Crippen LogP contribution is 2.26. The quantitative estimate of drug-likeness (QED) is 0.842. The lowest BCUT2D eigenvalue weighted by Crippen LogP contribution is -2.51. The average molecular weight is 358 g/mol. The molecule has 0 radical (unpaired) electrons. The van der Waals surface area contributed by atoms with Gasteiger partial charge in [-0.1, -0.05) is 28.1 Å². The zero-order valence-corrected chi connectivity index (χ0v) is 14.4. The van der Waals surface area contributed by atoms with Crippen LogP contribution >= 0.6 is 15.9 Å². The predicted octanol–water partition coefficient (Wildman–Crippen LogP) is 3.36. The Labute approximate surface area is 133 Å². The van der Waals surface area contributed by atoms with Crippen molar-refractivity contribution < 1.29 is 19.1 Å². The molecule has 1 atom stereocenters. The van der Waals surface area contributed by atoms with Crippen molar-refractivity contribution >= 4 is 28.0 Å². The van der Waals surface area contributed by atoms with Crippen LogP contribution in [0.1, 0.15) is 33.3 Å². The van der Waals surface area contributed by atoms with E-state index in [0.717, 1.165) is 4.47 Å². The molecule has 1 unspecified atom stereocenters. The summed E-state index contributed by atoms with van der Waals surface area (Å²) in [6.45, 7) is 6.83. The number of ether oxygens (including phenoxy) is 2. The highest BCUT2D eigenvalue weighted by Gasteiger charge is 2.39. The monoisotopic (exact) mass is 357 g/mol. The second kappa shape index (κ2) is 6.47. The van der Waals surface area contributed by atoms with Gasteiger partial charge < -0.3 is 14.8 Å². The molecule has 0 spiro atoms. The van der Waals surface area contributed by atoms with Crippen LogP contribution in [0.25, 0.3) is 0 Å². The third-order valence-electron chi connectivity index (χ3n) is 2.75. The van der Waals surface area contributed by atoms with Gasteiger partial charge in [0.1, 0.15) is 5.60 Å². The van der Waals surface area contributed by atoms with Gasteiger partial charge in [-0.2, -0.15) is 0 Å². The molecule has 0 aliphatic carbocycles. The topological polar surface area (TPSA) is 64.6 Å². The molecule has 0 saturated heterocycles. The molecule has 1 aromatic carbocycles. The van der Waals surface area contributed by atoms with E-state index in [4.69, 9.17) is 9.47 Å². The van der Waals surface area contributed by atoms with E-state index in [1.54, 1.807) is 45.9 Å². The van der Waals surface area contributed by atoms with Crippen LogP contribution in [0.3, 0.4) is 0 Å². The SMILES string of the molecule is COC(=O)C(C)(NC(=O)OC(C)(C)C)c1cccc(Br)c1. The molecule has 0 bridgehead atoms. The van der Waals surface area contributed by atoms with Crippen molar-refractivity contribution in [3.05, 3.63) is 34.3 Å². The van der Waals surface area contributed by atoms with Crippen LogP contribution in [0.2, 0.25) is 0 Å². The Morgan fingerprint density at radius 2 is 1.81 bits per heavy atom. The molecule has 6 heteroatoms. The number of rotatable bonds is 3. The summed E-state index contributed by atoms with van der Waals surface area (Å²) in [6, 6.07) is 7.08. The number of halogens is 1. The second-order valence-corrected chi connectivity index (χ2v) is 6.67. The Kier molecular flexibility index (Phi) is 5.39. The number of esters is 1. The predicted molar refractivity (Wildman–Crippen MR) is 82.9 cm³/mol. The van der Waals surface area contributed by atoms with Gasteiger partial charge in [-0.3, -0.25) is 0 Å². The van der Waals surface area contributed by atoms with Crippen molar-refractivity contribution in [3.63, 3.8) is 0 Å². The Morgan fingerprint density at radius 1 is 1.19 bits per heavy atom. The van der Waals surface area contributed by atoms with Crippen molar-refractivity contribution in [1.29, 1.82) is 0 Å². The van der Waals surface area contributed by atoms with Crippen LogP contribution in [0, 0.1) is 0 Å². The summed E-state index contributed by atoms with van der Waals surface area (Å²) < 4.78 is 10.8. The maximum absolute atomic E-state index is 12.1. The van der Waals surface area contributed by atoms with Crippen LogP contribution in [0.15, 0.2) is 28.7 Å². The minimum atomic E-state index is -1.33. The highest BCUT2D eigenvalue weighted by molar-refractivity contribution is 9.10. The maximum Gasteiger partial charge on any atom is 0.408 e. The fraction of sp³-hybridized carbons (Fsp3) is 0.467. The van der Waals surface area contributed by atoms with E-state index in [1.807, 2.05) is 6.07 Å². The minimum absolute atomic E-state index is 0.577. The van der Waals surface area contributed by atoms with Gasteiger partial charge in [0.05, 0.1) is 7.11 Å². The summed E-state index contributed by atoms with van der Waals surface area (Å²) >= 11 is 3.34. The zero-order valence-electron chi connectivity index (χ0n) is 12.8. The molecule has 0 aliphatic heterocycles. The van der Waals surface area contributed by atoms with E-state index in [0.29, 0.717) is 5.56 Å². The zero-order chi connectivity index (χ0) is 16.3. The highest BCUT2D eigenvalue weighted by atomic mass is 79.9. The number of nitrogens with one attached hydrogen (secondary N) is 1. The first-order valence-electron chi connectivity index (χ1n) is 6.44. The van der Waals surface area contributed by atoms with Crippen molar-refractivity contribution in [1.82, 2.24) is 5.32 Å². The van der Waals surface area contributed by atoms with Crippen molar-refractivity contribution in [3.8, 4) is 0 Å². The van der Waals surface area contributed by atoms with E-state index in [-0.39, 0.29) is 0 Å². The summed E-state index contributed by atoms with van der Waals surface area (Å²) in [6.07, 6.45) is -0.685. The molecule has 0 aromatic heterocycles. The molecule has 1 aromatic rings. The second-order valence-electron chi connectivity index (χ2n) is 5.75.